The summed E-state index contributed by atoms with van der Waals surface area (Å²) in [5, 5.41) is 13.3. The number of hydrogen-bond donors (Lipinski definition) is 2. The van der Waals surface area contributed by atoms with Crippen molar-refractivity contribution in [1.29, 1.82) is 0 Å². The van der Waals surface area contributed by atoms with Gasteiger partial charge in [-0.25, -0.2) is 4.79 Å². The number of methoxy groups -OCH3 is 1. The molecule has 0 unspecified atom stereocenters. The van der Waals surface area contributed by atoms with Crippen molar-refractivity contribution in [3.8, 4) is 5.69 Å². The van der Waals surface area contributed by atoms with Crippen molar-refractivity contribution in [2.45, 2.75) is 18.5 Å². The third-order valence-corrected chi connectivity index (χ3v) is 5.77. The van der Waals surface area contributed by atoms with Crippen LogP contribution in [0.5, 0.6) is 0 Å². The molecule has 2 N–H and O–H groups in total. The van der Waals surface area contributed by atoms with E-state index in [2.05, 4.69) is 25.8 Å². The summed E-state index contributed by atoms with van der Waals surface area (Å²) in [7, 11) is 1.70. The van der Waals surface area contributed by atoms with Gasteiger partial charge in [-0.3, -0.25) is 4.98 Å². The predicted octanol–water partition coefficient (Wildman–Crippen LogP) is 3.58. The topological polar surface area (TPSA) is 79.6 Å². The highest BCUT2D eigenvalue weighted by molar-refractivity contribution is 7.80. The van der Waals surface area contributed by atoms with E-state index >= 15 is 0 Å². The molecule has 0 amide bonds. The summed E-state index contributed by atoms with van der Waals surface area (Å²) in [5.41, 5.74) is 3.11. The Balaban J connectivity index is 1.74. The molecule has 160 valence electrons. The van der Waals surface area contributed by atoms with Crippen LogP contribution < -0.4 is 5.32 Å². The zero-order valence-corrected chi connectivity index (χ0v) is 18.0. The minimum Gasteiger partial charge on any atom is -0.478 e. The van der Waals surface area contributed by atoms with Crippen LogP contribution in [0, 0.1) is 0 Å². The van der Waals surface area contributed by atoms with Gasteiger partial charge in [0.2, 0.25) is 0 Å². The fraction of sp³-hybridized carbons (Fsp3) is 0.261. The van der Waals surface area contributed by atoms with Crippen LogP contribution in [0.4, 0.5) is 0 Å². The number of aromatic nitrogens is 2. The second-order valence-corrected chi connectivity index (χ2v) is 7.71. The summed E-state index contributed by atoms with van der Waals surface area (Å²) in [6, 6.07) is 16.6. The van der Waals surface area contributed by atoms with Gasteiger partial charge in [-0.05, 0) is 67.2 Å². The summed E-state index contributed by atoms with van der Waals surface area (Å²) in [5.74, 6) is -0.941. The zero-order chi connectivity index (χ0) is 21.8. The molecule has 2 atom stereocenters. The maximum atomic E-state index is 11.2. The van der Waals surface area contributed by atoms with Crippen LogP contribution in [-0.2, 0) is 4.74 Å². The smallest absolute Gasteiger partial charge is 0.335 e. The molecule has 0 spiro atoms. The third-order valence-electron chi connectivity index (χ3n) is 5.42. The van der Waals surface area contributed by atoms with E-state index in [9.17, 15) is 9.90 Å². The van der Waals surface area contributed by atoms with E-state index in [0.29, 0.717) is 11.7 Å². The standard InChI is InChI=1S/C23H24N4O3S/c1-30-15-5-14-27-21(20(25-23(27)31)18-6-2-3-12-24-18)19-7-4-13-26(19)17-10-8-16(9-11-17)22(28)29/h2-4,6-13,20-21H,5,14-15H2,1H3,(H,25,31)(H,28,29)/t20-,21-/m1/s1. The Labute approximate surface area is 186 Å². The Hall–Kier alpha value is -3.23. The van der Waals surface area contributed by atoms with E-state index in [-0.39, 0.29) is 17.6 Å². The van der Waals surface area contributed by atoms with E-state index in [1.165, 1.54) is 0 Å². The first-order valence-electron chi connectivity index (χ1n) is 10.1. The van der Waals surface area contributed by atoms with Crippen molar-refractivity contribution in [2.75, 3.05) is 20.3 Å². The van der Waals surface area contributed by atoms with Crippen molar-refractivity contribution in [1.82, 2.24) is 19.8 Å². The van der Waals surface area contributed by atoms with Crippen LogP contribution in [0.2, 0.25) is 0 Å². The molecule has 0 aliphatic carbocycles. The van der Waals surface area contributed by atoms with Crippen LogP contribution in [0.25, 0.3) is 5.69 Å². The maximum absolute atomic E-state index is 11.2. The molecule has 7 nitrogen and oxygen atoms in total. The molecule has 2 aromatic heterocycles. The van der Waals surface area contributed by atoms with Gasteiger partial charge in [-0.2, -0.15) is 0 Å². The lowest BCUT2D eigenvalue weighted by Crippen LogP contribution is -2.32. The molecule has 1 aliphatic rings. The first-order valence-corrected chi connectivity index (χ1v) is 10.5. The molecule has 3 aromatic rings. The molecule has 0 bridgehead atoms. The summed E-state index contributed by atoms with van der Waals surface area (Å²) in [6.07, 6.45) is 4.61. The average Bonchev–Trinajstić information content (AvgIpc) is 3.39. The number of carboxylic acid groups (broad SMARTS) is 1. The molecule has 3 heterocycles. The second kappa shape index (κ2) is 9.28. The van der Waals surface area contributed by atoms with Crippen LogP contribution in [0.1, 0.15) is 40.3 Å². The molecule has 1 saturated heterocycles. The van der Waals surface area contributed by atoms with Gasteiger partial charge in [0, 0.05) is 44.0 Å². The number of pyridine rings is 1. The first-order chi connectivity index (χ1) is 15.1. The van der Waals surface area contributed by atoms with Gasteiger partial charge >= 0.3 is 5.97 Å². The van der Waals surface area contributed by atoms with E-state index in [4.69, 9.17) is 17.0 Å². The number of carboxylic acids is 1. The Morgan fingerprint density at radius 2 is 2.00 bits per heavy atom. The van der Waals surface area contributed by atoms with Gasteiger partial charge in [0.05, 0.1) is 23.3 Å². The summed E-state index contributed by atoms with van der Waals surface area (Å²) in [4.78, 5) is 18.0. The molecule has 31 heavy (non-hydrogen) atoms. The van der Waals surface area contributed by atoms with Crippen LogP contribution in [-0.4, -0.2) is 50.9 Å². The van der Waals surface area contributed by atoms with E-state index in [0.717, 1.165) is 30.0 Å². The van der Waals surface area contributed by atoms with Crippen molar-refractivity contribution < 1.29 is 14.6 Å². The lowest BCUT2D eigenvalue weighted by molar-refractivity contribution is 0.0697. The van der Waals surface area contributed by atoms with E-state index < -0.39 is 5.97 Å². The molecule has 1 fully saturated rings. The lowest BCUT2D eigenvalue weighted by Gasteiger charge is -2.29. The van der Waals surface area contributed by atoms with Gasteiger partial charge in [0.1, 0.15) is 0 Å². The molecule has 8 heteroatoms. The molecular weight excluding hydrogens is 412 g/mol. The van der Waals surface area contributed by atoms with Crippen LogP contribution >= 0.6 is 12.2 Å². The second-order valence-electron chi connectivity index (χ2n) is 7.32. The van der Waals surface area contributed by atoms with Gasteiger partial charge in [0.25, 0.3) is 0 Å². The normalized spacial score (nSPS) is 18.2. The Bertz CT molecular complexity index is 1050. The molecule has 4 rings (SSSR count). The Kier molecular flexibility index (Phi) is 6.29. The fourth-order valence-electron chi connectivity index (χ4n) is 3.98. The number of thiocarbonyl (C=S) groups is 1. The van der Waals surface area contributed by atoms with Crippen LogP contribution in [0.15, 0.2) is 67.0 Å². The number of carbonyl (C=O) groups is 1. The van der Waals surface area contributed by atoms with Gasteiger partial charge in [-0.1, -0.05) is 6.07 Å². The quantitative estimate of drug-likeness (QED) is 0.413. The van der Waals surface area contributed by atoms with E-state index in [1.807, 2.05) is 42.6 Å². The molecular formula is C23H24N4O3S. The van der Waals surface area contributed by atoms with Gasteiger partial charge < -0.3 is 24.6 Å². The fourth-order valence-corrected chi connectivity index (χ4v) is 4.31. The largest absolute Gasteiger partial charge is 0.478 e. The highest BCUT2D eigenvalue weighted by Gasteiger charge is 2.40. The number of nitrogens with zero attached hydrogens (tertiary/aromatic N) is 3. The third kappa shape index (κ3) is 4.30. The Morgan fingerprint density at radius 1 is 1.19 bits per heavy atom. The average molecular weight is 437 g/mol. The van der Waals surface area contributed by atoms with E-state index in [1.54, 1.807) is 25.4 Å². The number of aromatic carboxylic acids is 1. The molecule has 0 radical (unpaired) electrons. The SMILES string of the molecule is COCCCN1C(=S)N[C@H](c2ccccn2)[C@H]1c1cccn1-c1ccc(C(=O)O)cc1. The highest BCUT2D eigenvalue weighted by Crippen LogP contribution is 2.39. The first kappa shape index (κ1) is 21.0. The van der Waals surface area contributed by atoms with Crippen molar-refractivity contribution in [3.05, 3.63) is 83.9 Å². The molecule has 1 aliphatic heterocycles. The highest BCUT2D eigenvalue weighted by atomic mass is 32.1. The van der Waals surface area contributed by atoms with Gasteiger partial charge in [-0.15, -0.1) is 0 Å². The minimum absolute atomic E-state index is 0.0755. The summed E-state index contributed by atoms with van der Waals surface area (Å²) >= 11 is 5.70. The number of ether oxygens (including phenoxy) is 1. The summed E-state index contributed by atoms with van der Waals surface area (Å²) < 4.78 is 7.32. The Morgan fingerprint density at radius 3 is 2.68 bits per heavy atom. The van der Waals surface area contributed by atoms with Crippen molar-refractivity contribution in [3.63, 3.8) is 0 Å². The zero-order valence-electron chi connectivity index (χ0n) is 17.1. The number of benzene rings is 1. The number of nitrogens with one attached hydrogen (secondary N) is 1. The number of rotatable bonds is 8. The summed E-state index contributed by atoms with van der Waals surface area (Å²) in [6.45, 7) is 1.40. The van der Waals surface area contributed by atoms with Crippen molar-refractivity contribution >= 4 is 23.3 Å². The number of hydrogen-bond acceptors (Lipinski definition) is 4. The maximum Gasteiger partial charge on any atom is 0.335 e. The lowest BCUT2D eigenvalue weighted by atomic mass is 10.0. The van der Waals surface area contributed by atoms with Gasteiger partial charge in [0.15, 0.2) is 5.11 Å². The van der Waals surface area contributed by atoms with Crippen molar-refractivity contribution in [2.24, 2.45) is 0 Å². The monoisotopic (exact) mass is 436 g/mol. The molecule has 1 aromatic carbocycles. The van der Waals surface area contributed by atoms with Crippen LogP contribution in [0.3, 0.4) is 0 Å². The molecule has 0 saturated carbocycles. The predicted molar refractivity (Wildman–Crippen MR) is 121 cm³/mol. The minimum atomic E-state index is -0.941.